The highest BCUT2D eigenvalue weighted by atomic mass is 16.5. The Morgan fingerprint density at radius 1 is 1.14 bits per heavy atom. The number of rotatable bonds is 8. The molecule has 28 heavy (non-hydrogen) atoms. The van der Waals surface area contributed by atoms with Gasteiger partial charge in [0, 0.05) is 25.0 Å². The van der Waals surface area contributed by atoms with Crippen molar-refractivity contribution in [1.29, 1.82) is 5.26 Å². The monoisotopic (exact) mass is 372 g/mol. The van der Waals surface area contributed by atoms with Crippen LogP contribution in [0.5, 0.6) is 5.75 Å². The summed E-state index contributed by atoms with van der Waals surface area (Å²) in [5.41, 5.74) is 3.04. The van der Waals surface area contributed by atoms with Crippen LogP contribution in [-0.4, -0.2) is 22.3 Å². The van der Waals surface area contributed by atoms with Crippen LogP contribution in [0.1, 0.15) is 16.7 Å². The van der Waals surface area contributed by atoms with E-state index in [0.717, 1.165) is 16.7 Å². The molecule has 2 aromatic carbocycles. The molecule has 1 heterocycles. The van der Waals surface area contributed by atoms with Crippen LogP contribution < -0.4 is 10.1 Å². The van der Waals surface area contributed by atoms with Gasteiger partial charge in [0.15, 0.2) is 6.61 Å². The molecule has 1 N–H and O–H groups in total. The zero-order chi connectivity index (χ0) is 19.6. The van der Waals surface area contributed by atoms with Crippen LogP contribution in [0.4, 0.5) is 0 Å². The normalized spacial score (nSPS) is 10.5. The van der Waals surface area contributed by atoms with Crippen molar-refractivity contribution in [3.63, 3.8) is 0 Å². The van der Waals surface area contributed by atoms with Crippen LogP contribution in [-0.2, 0) is 17.9 Å². The second-order valence-electron chi connectivity index (χ2n) is 6.04. The summed E-state index contributed by atoms with van der Waals surface area (Å²) in [6, 6.07) is 19.0. The molecule has 6 nitrogen and oxygen atoms in total. The van der Waals surface area contributed by atoms with Gasteiger partial charge in [0.25, 0.3) is 0 Å². The maximum absolute atomic E-state index is 12.2. The lowest BCUT2D eigenvalue weighted by molar-refractivity contribution is -0.116. The molecule has 0 radical (unpaired) electrons. The van der Waals surface area contributed by atoms with Crippen molar-refractivity contribution in [2.45, 2.75) is 13.1 Å². The van der Waals surface area contributed by atoms with E-state index in [-0.39, 0.29) is 12.5 Å². The molecule has 0 saturated carbocycles. The van der Waals surface area contributed by atoms with Gasteiger partial charge in [0.05, 0.1) is 6.54 Å². The Morgan fingerprint density at radius 3 is 2.64 bits per heavy atom. The van der Waals surface area contributed by atoms with E-state index < -0.39 is 0 Å². The number of ether oxygens (including phenoxy) is 1. The second-order valence-corrected chi connectivity index (χ2v) is 6.04. The Kier molecular flexibility index (Phi) is 6.58. The van der Waals surface area contributed by atoms with E-state index in [1.807, 2.05) is 59.4 Å². The molecule has 1 aromatic heterocycles. The molecule has 6 heteroatoms. The van der Waals surface area contributed by atoms with E-state index in [4.69, 9.17) is 10.00 Å². The van der Waals surface area contributed by atoms with Crippen LogP contribution in [0.25, 0.3) is 6.08 Å². The van der Waals surface area contributed by atoms with Gasteiger partial charge in [0.1, 0.15) is 11.8 Å². The van der Waals surface area contributed by atoms with Crippen molar-refractivity contribution >= 4 is 12.0 Å². The average molecular weight is 372 g/mol. The van der Waals surface area contributed by atoms with Gasteiger partial charge in [-0.1, -0.05) is 36.4 Å². The molecule has 0 saturated heterocycles. The van der Waals surface area contributed by atoms with Gasteiger partial charge in [0.2, 0.25) is 5.91 Å². The van der Waals surface area contributed by atoms with Crippen molar-refractivity contribution in [3.05, 3.63) is 89.8 Å². The molecule has 0 spiro atoms. The SMILES string of the molecule is N#CCOc1ccc(/C=C/C(=O)NCc2ccccc2Cn2cccn2)cc1. The number of nitrogens with one attached hydrogen (secondary N) is 1. The van der Waals surface area contributed by atoms with Gasteiger partial charge in [-0.3, -0.25) is 9.48 Å². The maximum atomic E-state index is 12.2. The summed E-state index contributed by atoms with van der Waals surface area (Å²) < 4.78 is 7.05. The molecular formula is C22H20N4O2. The van der Waals surface area contributed by atoms with Crippen molar-refractivity contribution < 1.29 is 9.53 Å². The molecule has 0 bridgehead atoms. The van der Waals surface area contributed by atoms with Crippen molar-refractivity contribution in [2.24, 2.45) is 0 Å². The molecule has 3 aromatic rings. The number of hydrogen-bond donors (Lipinski definition) is 1. The van der Waals surface area contributed by atoms with E-state index in [9.17, 15) is 4.79 Å². The molecule has 3 rings (SSSR count). The standard InChI is InChI=1S/C22H20N4O2/c23-12-15-28-21-9-6-18(7-10-21)8-11-22(27)24-16-19-4-1-2-5-20(19)17-26-14-3-13-25-26/h1-11,13-14H,15-17H2,(H,24,27)/b11-8+. The molecule has 0 aliphatic carbocycles. The van der Waals surface area contributed by atoms with Crippen molar-refractivity contribution in [2.75, 3.05) is 6.61 Å². The van der Waals surface area contributed by atoms with E-state index in [1.165, 1.54) is 6.08 Å². The lowest BCUT2D eigenvalue weighted by Gasteiger charge is -2.10. The predicted molar refractivity (Wildman–Crippen MR) is 106 cm³/mol. The molecule has 1 amide bonds. The molecule has 0 aliphatic heterocycles. The number of carbonyl (C=O) groups is 1. The number of nitriles is 1. The first kappa shape index (κ1) is 18.9. The molecule has 0 atom stereocenters. The highest BCUT2D eigenvalue weighted by Crippen LogP contribution is 2.13. The third kappa shape index (κ3) is 5.58. The summed E-state index contributed by atoms with van der Waals surface area (Å²) >= 11 is 0. The molecule has 0 aliphatic rings. The highest BCUT2D eigenvalue weighted by Gasteiger charge is 2.04. The minimum Gasteiger partial charge on any atom is -0.479 e. The van der Waals surface area contributed by atoms with Crippen LogP contribution >= 0.6 is 0 Å². The zero-order valence-corrected chi connectivity index (χ0v) is 15.3. The fraction of sp³-hybridized carbons (Fsp3) is 0.136. The minimum atomic E-state index is -0.168. The smallest absolute Gasteiger partial charge is 0.244 e. The molecule has 0 unspecified atom stereocenters. The van der Waals surface area contributed by atoms with Crippen LogP contribution in [0.3, 0.4) is 0 Å². The van der Waals surface area contributed by atoms with E-state index >= 15 is 0 Å². The largest absolute Gasteiger partial charge is 0.479 e. The fourth-order valence-electron chi connectivity index (χ4n) is 2.66. The molecular weight excluding hydrogens is 352 g/mol. The Hall–Kier alpha value is -3.85. The Morgan fingerprint density at radius 2 is 1.93 bits per heavy atom. The summed E-state index contributed by atoms with van der Waals surface area (Å²) in [7, 11) is 0. The lowest BCUT2D eigenvalue weighted by Crippen LogP contribution is -2.21. The van der Waals surface area contributed by atoms with Gasteiger partial charge in [-0.15, -0.1) is 0 Å². The Bertz CT molecular complexity index is 971. The number of nitrogens with zero attached hydrogens (tertiary/aromatic N) is 3. The first-order valence-corrected chi connectivity index (χ1v) is 8.84. The summed E-state index contributed by atoms with van der Waals surface area (Å²) in [6.45, 7) is 1.12. The van der Waals surface area contributed by atoms with Gasteiger partial charge >= 0.3 is 0 Å². The van der Waals surface area contributed by atoms with Crippen molar-refractivity contribution in [1.82, 2.24) is 15.1 Å². The van der Waals surface area contributed by atoms with Gasteiger partial charge < -0.3 is 10.1 Å². The topological polar surface area (TPSA) is 79.9 Å². The Labute approximate surface area is 163 Å². The molecule has 140 valence electrons. The summed E-state index contributed by atoms with van der Waals surface area (Å²) in [6.07, 6.45) is 6.90. The number of carbonyl (C=O) groups excluding carboxylic acids is 1. The third-order valence-corrected chi connectivity index (χ3v) is 4.07. The maximum Gasteiger partial charge on any atom is 0.244 e. The molecule has 0 fully saturated rings. The predicted octanol–water partition coefficient (Wildman–Crippen LogP) is 3.16. The summed E-state index contributed by atoms with van der Waals surface area (Å²) in [5.74, 6) is 0.454. The van der Waals surface area contributed by atoms with Crippen LogP contribution in [0.15, 0.2) is 73.1 Å². The summed E-state index contributed by atoms with van der Waals surface area (Å²) in [5, 5.41) is 15.6. The minimum absolute atomic E-state index is 0.0134. The van der Waals surface area contributed by atoms with E-state index in [2.05, 4.69) is 10.4 Å². The first-order chi connectivity index (χ1) is 13.7. The quantitative estimate of drug-likeness (QED) is 0.616. The van der Waals surface area contributed by atoms with E-state index in [1.54, 1.807) is 24.4 Å². The van der Waals surface area contributed by atoms with Gasteiger partial charge in [-0.05, 0) is 41.0 Å². The van der Waals surface area contributed by atoms with E-state index in [0.29, 0.717) is 18.8 Å². The third-order valence-electron chi connectivity index (χ3n) is 4.07. The van der Waals surface area contributed by atoms with Crippen molar-refractivity contribution in [3.8, 4) is 11.8 Å². The average Bonchev–Trinajstić information content (AvgIpc) is 3.24. The summed E-state index contributed by atoms with van der Waals surface area (Å²) in [4.78, 5) is 12.2. The number of amides is 1. The Balaban J connectivity index is 1.54. The number of benzene rings is 2. The van der Waals surface area contributed by atoms with Crippen LogP contribution in [0, 0.1) is 11.3 Å². The lowest BCUT2D eigenvalue weighted by atomic mass is 10.1. The van der Waals surface area contributed by atoms with Gasteiger partial charge in [-0.25, -0.2) is 0 Å². The first-order valence-electron chi connectivity index (χ1n) is 8.84. The highest BCUT2D eigenvalue weighted by molar-refractivity contribution is 5.91. The second kappa shape index (κ2) is 9.74. The van der Waals surface area contributed by atoms with Crippen LogP contribution in [0.2, 0.25) is 0 Å². The number of aromatic nitrogens is 2. The zero-order valence-electron chi connectivity index (χ0n) is 15.3. The number of hydrogen-bond acceptors (Lipinski definition) is 4. The van der Waals surface area contributed by atoms with Gasteiger partial charge in [-0.2, -0.15) is 10.4 Å². The fourth-order valence-corrected chi connectivity index (χ4v) is 2.66.